The molecule has 0 saturated carbocycles. The van der Waals surface area contributed by atoms with Crippen molar-refractivity contribution in [2.45, 2.75) is 13.1 Å². The van der Waals surface area contributed by atoms with Crippen molar-refractivity contribution in [2.24, 2.45) is 0 Å². The minimum absolute atomic E-state index is 0.145. The minimum Gasteiger partial charge on any atom is -0.384 e. The third kappa shape index (κ3) is 2.15. The van der Waals surface area contributed by atoms with Crippen molar-refractivity contribution >= 4 is 23.3 Å². The third-order valence-corrected chi connectivity index (χ3v) is 3.44. The molecule has 0 unspecified atom stereocenters. The fourth-order valence-corrected chi connectivity index (χ4v) is 2.32. The first kappa shape index (κ1) is 12.0. The van der Waals surface area contributed by atoms with Crippen molar-refractivity contribution in [1.29, 1.82) is 0 Å². The summed E-state index contributed by atoms with van der Waals surface area (Å²) in [4.78, 5) is 22.2. The van der Waals surface area contributed by atoms with Crippen LogP contribution in [0.15, 0.2) is 24.7 Å². The van der Waals surface area contributed by atoms with Gasteiger partial charge in [0.15, 0.2) is 0 Å². The lowest BCUT2D eigenvalue weighted by Gasteiger charge is -2.28. The highest BCUT2D eigenvalue weighted by Gasteiger charge is 2.24. The Morgan fingerprint density at radius 3 is 3.05 bits per heavy atom. The number of nitrogens with zero attached hydrogens (tertiary/aromatic N) is 4. The van der Waals surface area contributed by atoms with E-state index in [1.807, 2.05) is 10.8 Å². The van der Waals surface area contributed by atoms with E-state index in [9.17, 15) is 4.79 Å². The van der Waals surface area contributed by atoms with Crippen LogP contribution in [0.1, 0.15) is 16.2 Å². The van der Waals surface area contributed by atoms with Gasteiger partial charge in [0.05, 0.1) is 17.1 Å². The zero-order valence-corrected chi connectivity index (χ0v) is 10.8. The average molecular weight is 278 g/mol. The highest BCUT2D eigenvalue weighted by atomic mass is 35.5. The van der Waals surface area contributed by atoms with Crippen LogP contribution in [0.5, 0.6) is 0 Å². The molecule has 0 radical (unpaired) electrons. The Hall–Kier alpha value is -2.08. The molecule has 7 heteroatoms. The van der Waals surface area contributed by atoms with E-state index in [-0.39, 0.29) is 11.7 Å². The summed E-state index contributed by atoms with van der Waals surface area (Å²) in [6, 6.07) is 1.51. The Morgan fingerprint density at radius 1 is 1.37 bits per heavy atom. The molecule has 6 nitrogen and oxygen atoms in total. The number of hydrogen-bond donors (Lipinski definition) is 1. The van der Waals surface area contributed by atoms with E-state index in [4.69, 9.17) is 17.3 Å². The first-order valence-electron chi connectivity index (χ1n) is 5.85. The van der Waals surface area contributed by atoms with Crippen LogP contribution in [-0.4, -0.2) is 31.9 Å². The highest BCUT2D eigenvalue weighted by molar-refractivity contribution is 6.33. The first-order valence-corrected chi connectivity index (χ1v) is 6.23. The SMILES string of the molecule is Nc1cc(C(=O)N2CCn3ccnc3C2)c(Cl)cn1. The molecule has 2 N–H and O–H groups in total. The summed E-state index contributed by atoms with van der Waals surface area (Å²) in [5.41, 5.74) is 5.98. The van der Waals surface area contributed by atoms with E-state index >= 15 is 0 Å². The largest absolute Gasteiger partial charge is 0.384 e. The fraction of sp³-hybridized carbons (Fsp3) is 0.250. The predicted molar refractivity (Wildman–Crippen MR) is 70.6 cm³/mol. The summed E-state index contributed by atoms with van der Waals surface area (Å²) >= 11 is 6.00. The number of imidazole rings is 1. The standard InChI is InChI=1S/C12H12ClN5O/c13-9-6-16-10(14)5-8(9)12(19)18-4-3-17-2-1-15-11(17)7-18/h1-2,5-6H,3-4,7H2,(H2,14,16). The van der Waals surface area contributed by atoms with Crippen LogP contribution in [0.25, 0.3) is 0 Å². The molecule has 0 spiro atoms. The molecule has 1 aliphatic heterocycles. The minimum atomic E-state index is -0.145. The summed E-state index contributed by atoms with van der Waals surface area (Å²) < 4.78 is 2.03. The normalized spacial score (nSPS) is 14.3. The van der Waals surface area contributed by atoms with E-state index in [0.717, 1.165) is 12.4 Å². The molecule has 1 aliphatic rings. The maximum absolute atomic E-state index is 12.4. The second-order valence-electron chi connectivity index (χ2n) is 4.35. The van der Waals surface area contributed by atoms with Crippen LogP contribution < -0.4 is 5.73 Å². The monoisotopic (exact) mass is 277 g/mol. The van der Waals surface area contributed by atoms with Gasteiger partial charge in [-0.2, -0.15) is 0 Å². The highest BCUT2D eigenvalue weighted by Crippen LogP contribution is 2.21. The lowest BCUT2D eigenvalue weighted by Crippen LogP contribution is -2.38. The summed E-state index contributed by atoms with van der Waals surface area (Å²) in [6.07, 6.45) is 5.05. The van der Waals surface area contributed by atoms with E-state index in [1.165, 1.54) is 12.3 Å². The maximum atomic E-state index is 12.4. The van der Waals surface area contributed by atoms with E-state index in [0.29, 0.717) is 23.7 Å². The predicted octanol–water partition coefficient (Wildman–Crippen LogP) is 1.17. The lowest BCUT2D eigenvalue weighted by atomic mass is 10.2. The summed E-state index contributed by atoms with van der Waals surface area (Å²) in [5.74, 6) is 1.01. The molecule has 19 heavy (non-hydrogen) atoms. The van der Waals surface area contributed by atoms with Gasteiger partial charge in [0, 0.05) is 31.7 Å². The summed E-state index contributed by atoms with van der Waals surface area (Å²) in [5, 5.41) is 0.313. The van der Waals surface area contributed by atoms with Crippen LogP contribution in [0.2, 0.25) is 5.02 Å². The lowest BCUT2D eigenvalue weighted by molar-refractivity contribution is 0.0707. The molecule has 98 valence electrons. The smallest absolute Gasteiger partial charge is 0.256 e. The number of halogens is 1. The van der Waals surface area contributed by atoms with Crippen molar-refractivity contribution in [3.05, 3.63) is 41.1 Å². The van der Waals surface area contributed by atoms with Gasteiger partial charge in [-0.25, -0.2) is 9.97 Å². The van der Waals surface area contributed by atoms with Gasteiger partial charge >= 0.3 is 0 Å². The number of hydrogen-bond acceptors (Lipinski definition) is 4. The Morgan fingerprint density at radius 2 is 2.21 bits per heavy atom. The molecular formula is C12H12ClN5O. The van der Waals surface area contributed by atoms with Gasteiger partial charge in [0.1, 0.15) is 11.6 Å². The Balaban J connectivity index is 1.87. The van der Waals surface area contributed by atoms with Gasteiger partial charge in [-0.15, -0.1) is 0 Å². The van der Waals surface area contributed by atoms with Crippen molar-refractivity contribution in [1.82, 2.24) is 19.4 Å². The maximum Gasteiger partial charge on any atom is 0.256 e. The molecule has 2 aromatic rings. The molecule has 0 saturated heterocycles. The van der Waals surface area contributed by atoms with Crippen molar-refractivity contribution in [3.63, 3.8) is 0 Å². The molecule has 0 aromatic carbocycles. The molecule has 3 heterocycles. The van der Waals surface area contributed by atoms with Crippen LogP contribution in [0.4, 0.5) is 5.82 Å². The second-order valence-corrected chi connectivity index (χ2v) is 4.76. The first-order chi connectivity index (χ1) is 9.15. The number of fused-ring (bicyclic) bond motifs is 1. The van der Waals surface area contributed by atoms with Gasteiger partial charge in [-0.1, -0.05) is 11.6 Å². The molecule has 2 aromatic heterocycles. The van der Waals surface area contributed by atoms with E-state index in [1.54, 1.807) is 11.1 Å². The molecule has 0 bridgehead atoms. The average Bonchev–Trinajstić information content (AvgIpc) is 2.88. The van der Waals surface area contributed by atoms with Crippen LogP contribution in [0.3, 0.4) is 0 Å². The Labute approximate surface area is 114 Å². The van der Waals surface area contributed by atoms with Gasteiger partial charge in [0.2, 0.25) is 0 Å². The zero-order valence-electron chi connectivity index (χ0n) is 10.1. The number of aromatic nitrogens is 3. The Kier molecular flexibility index (Phi) is 2.87. The second kappa shape index (κ2) is 4.55. The topological polar surface area (TPSA) is 77.0 Å². The van der Waals surface area contributed by atoms with Gasteiger partial charge in [-0.05, 0) is 6.07 Å². The third-order valence-electron chi connectivity index (χ3n) is 3.14. The number of amides is 1. The van der Waals surface area contributed by atoms with Crippen molar-refractivity contribution in [2.75, 3.05) is 12.3 Å². The quantitative estimate of drug-likeness (QED) is 0.849. The number of rotatable bonds is 1. The molecule has 3 rings (SSSR count). The van der Waals surface area contributed by atoms with Gasteiger partial charge in [-0.3, -0.25) is 4.79 Å². The van der Waals surface area contributed by atoms with Crippen molar-refractivity contribution < 1.29 is 4.79 Å². The molecule has 0 fully saturated rings. The van der Waals surface area contributed by atoms with Gasteiger partial charge < -0.3 is 15.2 Å². The molecule has 1 amide bonds. The molecular weight excluding hydrogens is 266 g/mol. The number of carbonyl (C=O) groups excluding carboxylic acids is 1. The van der Waals surface area contributed by atoms with Crippen LogP contribution in [-0.2, 0) is 13.1 Å². The molecule has 0 aliphatic carbocycles. The molecule has 0 atom stereocenters. The number of nitrogens with two attached hydrogens (primary N) is 1. The fourth-order valence-electron chi connectivity index (χ4n) is 2.14. The van der Waals surface area contributed by atoms with Crippen LogP contribution in [0, 0.1) is 0 Å². The van der Waals surface area contributed by atoms with E-state index in [2.05, 4.69) is 9.97 Å². The number of pyridine rings is 1. The van der Waals surface area contributed by atoms with Crippen molar-refractivity contribution in [3.8, 4) is 0 Å². The Bertz CT molecular complexity index is 639. The van der Waals surface area contributed by atoms with Crippen LogP contribution >= 0.6 is 11.6 Å². The zero-order chi connectivity index (χ0) is 13.4. The van der Waals surface area contributed by atoms with Gasteiger partial charge in [0.25, 0.3) is 5.91 Å². The summed E-state index contributed by atoms with van der Waals surface area (Å²) in [7, 11) is 0. The number of anilines is 1. The number of carbonyl (C=O) groups is 1. The summed E-state index contributed by atoms with van der Waals surface area (Å²) in [6.45, 7) is 1.84. The van der Waals surface area contributed by atoms with E-state index < -0.39 is 0 Å². The number of nitrogen functional groups attached to an aromatic ring is 1.